The van der Waals surface area contributed by atoms with Crippen molar-refractivity contribution in [2.75, 3.05) is 0 Å². The van der Waals surface area contributed by atoms with Crippen LogP contribution in [-0.4, -0.2) is 24.4 Å². The van der Waals surface area contributed by atoms with Crippen LogP contribution < -0.4 is 0 Å². The van der Waals surface area contributed by atoms with Crippen molar-refractivity contribution in [3.05, 3.63) is 72.6 Å². The van der Waals surface area contributed by atoms with E-state index in [0.717, 1.165) is 22.6 Å². The Hall–Kier alpha value is -3.02. The van der Waals surface area contributed by atoms with E-state index < -0.39 is 0 Å². The molecule has 0 aliphatic heterocycles. The normalized spacial score (nSPS) is 11.1. The van der Waals surface area contributed by atoms with Gasteiger partial charge in [0, 0.05) is 11.8 Å². The fraction of sp³-hybridized carbons (Fsp3) is 0.0625. The Morgan fingerprint density at radius 2 is 1.73 bits per heavy atom. The molecule has 0 amide bonds. The van der Waals surface area contributed by atoms with Gasteiger partial charge < -0.3 is 4.40 Å². The molecule has 0 aliphatic rings. The van der Waals surface area contributed by atoms with Crippen molar-refractivity contribution in [2.45, 2.75) is 6.54 Å². The Morgan fingerprint density at radius 3 is 2.50 bits per heavy atom. The summed E-state index contributed by atoms with van der Waals surface area (Å²) in [6, 6.07) is 12.2. The van der Waals surface area contributed by atoms with Gasteiger partial charge in [-0.3, -0.25) is 0 Å². The molecule has 0 unspecified atom stereocenters. The lowest BCUT2D eigenvalue weighted by molar-refractivity contribution is 0.580. The Bertz CT molecular complexity index is 910. The molecule has 0 fully saturated rings. The van der Waals surface area contributed by atoms with Gasteiger partial charge in [0.2, 0.25) is 0 Å². The molecule has 22 heavy (non-hydrogen) atoms. The lowest BCUT2D eigenvalue weighted by atomic mass is 10.1. The minimum Gasteiger partial charge on any atom is -0.301 e. The third kappa shape index (κ3) is 2.14. The highest BCUT2D eigenvalue weighted by Crippen LogP contribution is 2.25. The molecule has 0 radical (unpaired) electrons. The van der Waals surface area contributed by atoms with Gasteiger partial charge in [0.05, 0.1) is 23.8 Å². The van der Waals surface area contributed by atoms with Gasteiger partial charge in [0.25, 0.3) is 0 Å². The molecule has 3 heterocycles. The molecule has 1 aromatic carbocycles. The van der Waals surface area contributed by atoms with Gasteiger partial charge in [-0.05, 0) is 36.4 Å². The summed E-state index contributed by atoms with van der Waals surface area (Å²) in [4.78, 5) is 6.27. The zero-order valence-corrected chi connectivity index (χ0v) is 11.6. The van der Waals surface area contributed by atoms with E-state index in [1.165, 1.54) is 12.1 Å². The average molecular weight is 293 g/mol. The van der Waals surface area contributed by atoms with Crippen molar-refractivity contribution in [3.8, 4) is 11.3 Å². The molecule has 0 atom stereocenters. The number of nitrogens with zero attached hydrogens (tertiary/aromatic N) is 5. The topological polar surface area (TPSA) is 48.0 Å². The van der Waals surface area contributed by atoms with E-state index in [1.807, 2.05) is 28.8 Å². The number of hydrogen-bond donors (Lipinski definition) is 0. The van der Waals surface area contributed by atoms with E-state index in [9.17, 15) is 4.39 Å². The van der Waals surface area contributed by atoms with Gasteiger partial charge in [-0.2, -0.15) is 15.0 Å². The van der Waals surface area contributed by atoms with E-state index >= 15 is 0 Å². The maximum Gasteiger partial charge on any atom is 0.137 e. The van der Waals surface area contributed by atoms with Crippen molar-refractivity contribution in [2.24, 2.45) is 0 Å². The Labute approximate surface area is 125 Å². The summed E-state index contributed by atoms with van der Waals surface area (Å²) < 4.78 is 15.2. The summed E-state index contributed by atoms with van der Waals surface area (Å²) in [5, 5.41) is 8.30. The molecule has 0 saturated heterocycles. The maximum absolute atomic E-state index is 13.2. The summed E-state index contributed by atoms with van der Waals surface area (Å²) in [7, 11) is 0. The second-order valence-corrected chi connectivity index (χ2v) is 4.90. The van der Waals surface area contributed by atoms with Crippen LogP contribution in [0.4, 0.5) is 4.39 Å². The summed E-state index contributed by atoms with van der Waals surface area (Å²) in [5.74, 6) is -0.261. The number of aromatic nitrogens is 5. The number of fused-ring (bicyclic) bond motifs is 1. The van der Waals surface area contributed by atoms with E-state index in [2.05, 4.69) is 15.2 Å². The first-order valence-corrected chi connectivity index (χ1v) is 6.87. The molecule has 6 heteroatoms. The molecule has 4 rings (SSSR count). The Morgan fingerprint density at radius 1 is 0.955 bits per heavy atom. The quantitative estimate of drug-likeness (QED) is 0.583. The van der Waals surface area contributed by atoms with Crippen LogP contribution >= 0.6 is 0 Å². The van der Waals surface area contributed by atoms with E-state index in [1.54, 1.807) is 29.3 Å². The van der Waals surface area contributed by atoms with Crippen LogP contribution in [0.5, 0.6) is 0 Å². The molecule has 108 valence electrons. The lowest BCUT2D eigenvalue weighted by Crippen LogP contribution is -2.07. The number of imidazole rings is 1. The maximum atomic E-state index is 13.2. The standard InChI is InChI=1S/C16H12FN5/c17-13-6-4-12(5-7-13)16-14(11-22-18-8-9-19-22)21-10-2-1-3-15(21)20-16/h1-10H,11H2. The highest BCUT2D eigenvalue weighted by atomic mass is 19.1. The van der Waals surface area contributed by atoms with Crippen LogP contribution in [0, 0.1) is 5.82 Å². The van der Waals surface area contributed by atoms with Gasteiger partial charge in [0.15, 0.2) is 0 Å². The largest absolute Gasteiger partial charge is 0.301 e. The molecular formula is C16H12FN5. The van der Waals surface area contributed by atoms with Crippen molar-refractivity contribution in [1.29, 1.82) is 0 Å². The molecule has 0 saturated carbocycles. The van der Waals surface area contributed by atoms with Crippen molar-refractivity contribution in [3.63, 3.8) is 0 Å². The summed E-state index contributed by atoms with van der Waals surface area (Å²) in [5.41, 5.74) is 3.47. The molecule has 0 bridgehead atoms. The van der Waals surface area contributed by atoms with E-state index in [4.69, 9.17) is 0 Å². The smallest absolute Gasteiger partial charge is 0.137 e. The zero-order valence-electron chi connectivity index (χ0n) is 11.6. The molecule has 5 nitrogen and oxygen atoms in total. The molecule has 4 aromatic rings. The number of halogens is 1. The van der Waals surface area contributed by atoms with Crippen LogP contribution in [0.3, 0.4) is 0 Å². The first-order valence-electron chi connectivity index (χ1n) is 6.87. The van der Waals surface area contributed by atoms with Gasteiger partial charge in [-0.1, -0.05) is 6.07 Å². The fourth-order valence-corrected chi connectivity index (χ4v) is 2.50. The van der Waals surface area contributed by atoms with Gasteiger partial charge in [-0.15, -0.1) is 0 Å². The lowest BCUT2D eigenvalue weighted by Gasteiger charge is -2.05. The van der Waals surface area contributed by atoms with Crippen LogP contribution in [0.25, 0.3) is 16.9 Å². The second-order valence-electron chi connectivity index (χ2n) is 4.90. The van der Waals surface area contributed by atoms with Crippen molar-refractivity contribution in [1.82, 2.24) is 24.4 Å². The number of rotatable bonds is 3. The highest BCUT2D eigenvalue weighted by molar-refractivity contribution is 5.66. The number of pyridine rings is 1. The van der Waals surface area contributed by atoms with Crippen LogP contribution in [0.2, 0.25) is 0 Å². The molecule has 0 N–H and O–H groups in total. The average Bonchev–Trinajstić information content (AvgIpc) is 3.17. The molecular weight excluding hydrogens is 281 g/mol. The Balaban J connectivity index is 1.91. The van der Waals surface area contributed by atoms with Crippen LogP contribution in [0.15, 0.2) is 61.1 Å². The predicted molar refractivity (Wildman–Crippen MR) is 79.7 cm³/mol. The van der Waals surface area contributed by atoms with Crippen molar-refractivity contribution >= 4 is 5.65 Å². The summed E-state index contributed by atoms with van der Waals surface area (Å²) in [6.45, 7) is 0.491. The first kappa shape index (κ1) is 12.7. The third-order valence-electron chi connectivity index (χ3n) is 3.50. The van der Waals surface area contributed by atoms with E-state index in [-0.39, 0.29) is 5.82 Å². The van der Waals surface area contributed by atoms with Gasteiger partial charge >= 0.3 is 0 Å². The third-order valence-corrected chi connectivity index (χ3v) is 3.50. The van der Waals surface area contributed by atoms with Crippen LogP contribution in [-0.2, 0) is 6.54 Å². The molecule has 0 spiro atoms. The second kappa shape index (κ2) is 5.07. The minimum absolute atomic E-state index is 0.261. The Kier molecular flexibility index (Phi) is 2.93. The zero-order chi connectivity index (χ0) is 14.9. The van der Waals surface area contributed by atoms with Gasteiger partial charge in [-0.25, -0.2) is 9.37 Å². The monoisotopic (exact) mass is 293 g/mol. The van der Waals surface area contributed by atoms with Crippen LogP contribution in [0.1, 0.15) is 5.69 Å². The number of hydrogen-bond acceptors (Lipinski definition) is 3. The SMILES string of the molecule is Fc1ccc(-c2nc3ccccn3c2Cn2nccn2)cc1. The van der Waals surface area contributed by atoms with Crippen molar-refractivity contribution < 1.29 is 4.39 Å². The van der Waals surface area contributed by atoms with Gasteiger partial charge in [0.1, 0.15) is 18.0 Å². The number of benzene rings is 1. The minimum atomic E-state index is -0.261. The summed E-state index contributed by atoms with van der Waals surface area (Å²) in [6.07, 6.45) is 5.23. The molecule has 0 aliphatic carbocycles. The molecule has 3 aromatic heterocycles. The highest BCUT2D eigenvalue weighted by Gasteiger charge is 2.14. The predicted octanol–water partition coefficient (Wildman–Crippen LogP) is 2.78. The first-order chi connectivity index (χ1) is 10.8. The van der Waals surface area contributed by atoms with E-state index in [0.29, 0.717) is 6.54 Å². The fourth-order valence-electron chi connectivity index (χ4n) is 2.50. The summed E-state index contributed by atoms with van der Waals surface area (Å²) >= 11 is 0.